The van der Waals surface area contributed by atoms with E-state index < -0.39 is 5.41 Å². The summed E-state index contributed by atoms with van der Waals surface area (Å²) in [5, 5.41) is 13.3. The van der Waals surface area contributed by atoms with Gasteiger partial charge in [0.15, 0.2) is 5.78 Å². The average Bonchev–Trinajstić information content (AvgIpc) is 2.60. The number of carbonyl (C=O) groups is 1. The van der Waals surface area contributed by atoms with E-state index in [9.17, 15) is 9.90 Å². The van der Waals surface area contributed by atoms with Crippen LogP contribution in [0.5, 0.6) is 0 Å². The van der Waals surface area contributed by atoms with Crippen LogP contribution in [0, 0.1) is 11.5 Å². The Kier molecular flexibility index (Phi) is 6.91. The second kappa shape index (κ2) is 8.77. The molecule has 1 N–H and O–H groups in total. The van der Waals surface area contributed by atoms with Gasteiger partial charge in [0.1, 0.15) is 0 Å². The fraction of sp³-hybridized carbons (Fsp3) is 0.304. The quantitative estimate of drug-likeness (QED) is 0.200. The number of rotatable bonds is 5. The van der Waals surface area contributed by atoms with Crippen LogP contribution >= 0.6 is 0 Å². The van der Waals surface area contributed by atoms with Crippen LogP contribution < -0.4 is 0 Å². The number of benzene rings is 2. The fourth-order valence-electron chi connectivity index (χ4n) is 2.85. The summed E-state index contributed by atoms with van der Waals surface area (Å²) in [6.07, 6.45) is 3.33. The zero-order valence-corrected chi connectivity index (χ0v) is 18.3. The van der Waals surface area contributed by atoms with Crippen molar-refractivity contribution in [1.29, 1.82) is 0 Å². The molecule has 2 aromatic carbocycles. The molecule has 3 nitrogen and oxygen atoms in total. The predicted molar refractivity (Wildman–Crippen MR) is 106 cm³/mol. The molecule has 3 aromatic rings. The van der Waals surface area contributed by atoms with E-state index in [1.807, 2.05) is 39.0 Å². The number of aryl methyl sites for hydroxylation is 1. The Hall–Kier alpha value is -2.03. The molecule has 3 rings (SSSR count). The van der Waals surface area contributed by atoms with Gasteiger partial charge in [-0.15, -0.1) is 35.0 Å². The zero-order chi connectivity index (χ0) is 18.7. The number of pyridine rings is 1. The van der Waals surface area contributed by atoms with E-state index >= 15 is 0 Å². The standard InChI is InChI=1S/C23H24NO2.Ir/c1-23(2,3)21(26)15-19(25)9-6-8-18-14-13-17-12-11-16-7-4-5-10-20(16)22(17)24-18;/h4-5,7,11-15,25H,6,8-9H2,1-3H3;/q-1;. The fourth-order valence-corrected chi connectivity index (χ4v) is 2.85. The maximum absolute atomic E-state index is 11.9. The molecular weight excluding hydrogens is 514 g/mol. The number of aliphatic hydroxyl groups is 1. The van der Waals surface area contributed by atoms with Gasteiger partial charge >= 0.3 is 0 Å². The first kappa shape index (κ1) is 21.3. The van der Waals surface area contributed by atoms with Gasteiger partial charge < -0.3 is 10.1 Å². The molecule has 1 aromatic heterocycles. The Labute approximate surface area is 173 Å². The topological polar surface area (TPSA) is 50.2 Å². The molecule has 27 heavy (non-hydrogen) atoms. The number of aliphatic hydroxyl groups excluding tert-OH is 1. The number of ketones is 1. The number of carbonyl (C=O) groups excluding carboxylic acids is 1. The molecule has 0 atom stereocenters. The Morgan fingerprint density at radius 1 is 1.15 bits per heavy atom. The van der Waals surface area contributed by atoms with Crippen molar-refractivity contribution in [3.8, 4) is 0 Å². The van der Waals surface area contributed by atoms with Crippen LogP contribution in [0.1, 0.15) is 39.3 Å². The summed E-state index contributed by atoms with van der Waals surface area (Å²) in [7, 11) is 0. The molecule has 0 aliphatic carbocycles. The van der Waals surface area contributed by atoms with Gasteiger partial charge in [0.05, 0.1) is 5.76 Å². The smallest absolute Gasteiger partial charge is 0.164 e. The number of aromatic nitrogens is 1. The number of allylic oxidation sites excluding steroid dienone is 2. The zero-order valence-electron chi connectivity index (χ0n) is 15.9. The molecule has 0 saturated heterocycles. The first-order valence-corrected chi connectivity index (χ1v) is 8.97. The van der Waals surface area contributed by atoms with Crippen LogP contribution in [0.25, 0.3) is 21.7 Å². The van der Waals surface area contributed by atoms with Crippen molar-refractivity contribution in [3.05, 3.63) is 66.1 Å². The SMILES string of the molecule is CC(C)(C)C(=O)C=C(O)CCCc1ccc2ccc3ccc[c-]c3c2n1.[Ir]. The second-order valence-electron chi connectivity index (χ2n) is 7.68. The van der Waals surface area contributed by atoms with Gasteiger partial charge in [0, 0.05) is 43.7 Å². The summed E-state index contributed by atoms with van der Waals surface area (Å²) in [5.74, 6) is 0.0883. The maximum atomic E-state index is 11.9. The minimum Gasteiger partial charge on any atom is -0.512 e. The average molecular weight is 539 g/mol. The van der Waals surface area contributed by atoms with Crippen LogP contribution in [0.15, 0.2) is 54.3 Å². The van der Waals surface area contributed by atoms with Crippen LogP contribution in [-0.2, 0) is 31.3 Å². The van der Waals surface area contributed by atoms with Crippen LogP contribution in [0.2, 0.25) is 0 Å². The van der Waals surface area contributed by atoms with E-state index in [2.05, 4.69) is 30.3 Å². The van der Waals surface area contributed by atoms with Crippen molar-refractivity contribution in [3.63, 3.8) is 0 Å². The van der Waals surface area contributed by atoms with Crippen molar-refractivity contribution < 1.29 is 30.0 Å². The molecule has 0 unspecified atom stereocenters. The molecule has 0 bridgehead atoms. The van der Waals surface area contributed by atoms with Gasteiger partial charge in [-0.2, -0.15) is 0 Å². The molecule has 0 saturated carbocycles. The van der Waals surface area contributed by atoms with E-state index in [1.54, 1.807) is 0 Å². The molecule has 0 aliphatic heterocycles. The molecule has 0 spiro atoms. The summed E-state index contributed by atoms with van der Waals surface area (Å²) in [5.41, 5.74) is 1.48. The van der Waals surface area contributed by atoms with Crippen molar-refractivity contribution in [2.45, 2.75) is 40.0 Å². The monoisotopic (exact) mass is 539 g/mol. The van der Waals surface area contributed by atoms with Crippen molar-refractivity contribution in [1.82, 2.24) is 4.98 Å². The summed E-state index contributed by atoms with van der Waals surface area (Å²) in [6, 6.07) is 17.5. The van der Waals surface area contributed by atoms with E-state index in [-0.39, 0.29) is 31.6 Å². The predicted octanol–water partition coefficient (Wildman–Crippen LogP) is 5.57. The molecule has 0 amide bonds. The van der Waals surface area contributed by atoms with Crippen LogP contribution in [0.3, 0.4) is 0 Å². The minimum atomic E-state index is -0.467. The number of fused-ring (bicyclic) bond motifs is 3. The molecule has 4 heteroatoms. The van der Waals surface area contributed by atoms with Crippen molar-refractivity contribution in [2.75, 3.05) is 0 Å². The van der Waals surface area contributed by atoms with E-state index in [4.69, 9.17) is 4.98 Å². The largest absolute Gasteiger partial charge is 0.512 e. The Bertz CT molecular complexity index is 986. The summed E-state index contributed by atoms with van der Waals surface area (Å²) in [4.78, 5) is 16.7. The molecular formula is C23H24IrNO2-. The molecule has 0 aliphatic rings. The molecule has 0 fully saturated rings. The Morgan fingerprint density at radius 3 is 2.59 bits per heavy atom. The summed E-state index contributed by atoms with van der Waals surface area (Å²) in [6.45, 7) is 5.54. The van der Waals surface area contributed by atoms with Gasteiger partial charge in [0.2, 0.25) is 0 Å². The summed E-state index contributed by atoms with van der Waals surface area (Å²) >= 11 is 0. The third-order valence-corrected chi connectivity index (χ3v) is 4.45. The van der Waals surface area contributed by atoms with Gasteiger partial charge in [-0.25, -0.2) is 0 Å². The van der Waals surface area contributed by atoms with Crippen LogP contribution in [-0.4, -0.2) is 15.9 Å². The Balaban J connectivity index is 0.00000261. The van der Waals surface area contributed by atoms with E-state index in [0.717, 1.165) is 40.2 Å². The van der Waals surface area contributed by atoms with Crippen LogP contribution in [0.4, 0.5) is 0 Å². The van der Waals surface area contributed by atoms with E-state index in [0.29, 0.717) is 6.42 Å². The van der Waals surface area contributed by atoms with Gasteiger partial charge in [-0.1, -0.05) is 39.0 Å². The second-order valence-corrected chi connectivity index (χ2v) is 7.68. The van der Waals surface area contributed by atoms with Crippen molar-refractivity contribution in [2.24, 2.45) is 5.41 Å². The normalized spacial score (nSPS) is 12.2. The Morgan fingerprint density at radius 2 is 1.85 bits per heavy atom. The molecule has 1 heterocycles. The molecule has 143 valence electrons. The van der Waals surface area contributed by atoms with E-state index in [1.165, 1.54) is 6.08 Å². The van der Waals surface area contributed by atoms with Gasteiger partial charge in [-0.3, -0.25) is 4.79 Å². The summed E-state index contributed by atoms with van der Waals surface area (Å²) < 4.78 is 0. The van der Waals surface area contributed by atoms with Gasteiger partial charge in [-0.05, 0) is 29.8 Å². The van der Waals surface area contributed by atoms with Gasteiger partial charge in [0.25, 0.3) is 0 Å². The first-order valence-electron chi connectivity index (χ1n) is 8.97. The number of nitrogens with zero attached hydrogens (tertiary/aromatic N) is 1. The number of hydrogen-bond acceptors (Lipinski definition) is 3. The third kappa shape index (κ3) is 5.24. The molecule has 1 radical (unpaired) electrons. The number of hydrogen-bond donors (Lipinski definition) is 1. The maximum Gasteiger partial charge on any atom is 0.164 e. The third-order valence-electron chi connectivity index (χ3n) is 4.45. The first-order chi connectivity index (χ1) is 12.3. The van der Waals surface area contributed by atoms with Crippen molar-refractivity contribution >= 4 is 27.5 Å². The minimum absolute atomic E-state index is 0.